The van der Waals surface area contributed by atoms with E-state index in [0.717, 1.165) is 37.8 Å². The summed E-state index contributed by atoms with van der Waals surface area (Å²) in [4.78, 5) is 21.5. The van der Waals surface area contributed by atoms with Gasteiger partial charge < -0.3 is 4.74 Å². The van der Waals surface area contributed by atoms with Crippen molar-refractivity contribution in [2.24, 2.45) is 5.92 Å². The number of hydrogen-bond acceptors (Lipinski definition) is 3. The van der Waals surface area contributed by atoms with Gasteiger partial charge in [0, 0.05) is 12.2 Å². The first-order valence-corrected chi connectivity index (χ1v) is 6.02. The first-order chi connectivity index (χ1) is 7.60. The third-order valence-corrected chi connectivity index (χ3v) is 2.48. The predicted octanol–water partition coefficient (Wildman–Crippen LogP) is 3.07. The molecule has 0 saturated carbocycles. The molecule has 92 valence electrons. The van der Waals surface area contributed by atoms with Crippen LogP contribution in [0.1, 0.15) is 39.5 Å². The minimum Gasteiger partial charge on any atom is -0.462 e. The van der Waals surface area contributed by atoms with Gasteiger partial charge in [0.1, 0.15) is 0 Å². The number of unbranched alkanes of at least 4 members (excludes halogenated alkanes) is 1. The fourth-order valence-electron chi connectivity index (χ4n) is 1.28. The van der Waals surface area contributed by atoms with Gasteiger partial charge in [0.05, 0.1) is 6.61 Å². The zero-order valence-corrected chi connectivity index (χ0v) is 10.6. The molecule has 0 fully saturated rings. The first-order valence-electron chi connectivity index (χ1n) is 5.64. The molecule has 0 aliphatic carbocycles. The van der Waals surface area contributed by atoms with Crippen LogP contribution in [0.25, 0.3) is 0 Å². The lowest BCUT2D eigenvalue weighted by molar-refractivity contribution is -0.139. The monoisotopic (exact) mass is 246 g/mol. The summed E-state index contributed by atoms with van der Waals surface area (Å²) in [7, 11) is 0. The maximum Gasteiger partial charge on any atom is 0.330 e. The van der Waals surface area contributed by atoms with Gasteiger partial charge >= 0.3 is 5.97 Å². The summed E-state index contributed by atoms with van der Waals surface area (Å²) in [5.41, 5.74) is 0. The number of rotatable bonds is 8. The van der Waals surface area contributed by atoms with Gasteiger partial charge in [-0.2, -0.15) is 0 Å². The first kappa shape index (κ1) is 15.2. The Kier molecular flexibility index (Phi) is 8.91. The molecule has 0 spiro atoms. The summed E-state index contributed by atoms with van der Waals surface area (Å²) in [5, 5.41) is -0.671. The van der Waals surface area contributed by atoms with E-state index in [-0.39, 0.29) is 0 Å². The Labute approximate surface area is 102 Å². The summed E-state index contributed by atoms with van der Waals surface area (Å²) < 4.78 is 5.01. The minimum absolute atomic E-state index is 0.406. The maximum atomic E-state index is 11.1. The number of allylic oxidation sites excluding steroid dienone is 1. The normalized spacial score (nSPS) is 12.7. The fourth-order valence-corrected chi connectivity index (χ4v) is 1.34. The highest BCUT2D eigenvalue weighted by molar-refractivity contribution is 6.66. The Morgan fingerprint density at radius 2 is 2.00 bits per heavy atom. The zero-order chi connectivity index (χ0) is 12.4. The van der Waals surface area contributed by atoms with Crippen LogP contribution in [-0.4, -0.2) is 17.8 Å². The third kappa shape index (κ3) is 8.48. The van der Waals surface area contributed by atoms with E-state index in [9.17, 15) is 9.59 Å². The molecule has 0 radical (unpaired) electrons. The van der Waals surface area contributed by atoms with Crippen molar-refractivity contribution in [2.45, 2.75) is 39.5 Å². The van der Waals surface area contributed by atoms with Crippen LogP contribution >= 0.6 is 11.6 Å². The molecule has 0 aromatic rings. The van der Waals surface area contributed by atoms with Gasteiger partial charge in [0.25, 0.3) is 0 Å². The average molecular weight is 247 g/mol. The molecule has 4 heteroatoms. The highest BCUT2D eigenvalue weighted by atomic mass is 35.5. The van der Waals surface area contributed by atoms with Crippen LogP contribution in [0.3, 0.4) is 0 Å². The molecule has 0 rings (SSSR count). The molecule has 0 aromatic carbocycles. The van der Waals surface area contributed by atoms with E-state index in [4.69, 9.17) is 16.3 Å². The van der Waals surface area contributed by atoms with Crippen LogP contribution in [-0.2, 0) is 14.3 Å². The van der Waals surface area contributed by atoms with Gasteiger partial charge in [-0.05, 0) is 23.9 Å². The van der Waals surface area contributed by atoms with Gasteiger partial charge in [-0.25, -0.2) is 4.79 Å². The third-order valence-electron chi connectivity index (χ3n) is 2.36. The Bertz CT molecular complexity index is 249. The maximum absolute atomic E-state index is 11.1. The second-order valence-electron chi connectivity index (χ2n) is 3.68. The molecule has 1 atom stereocenters. The van der Waals surface area contributed by atoms with E-state index in [1.54, 1.807) is 0 Å². The van der Waals surface area contributed by atoms with Gasteiger partial charge in [0.15, 0.2) is 0 Å². The summed E-state index contributed by atoms with van der Waals surface area (Å²) in [6, 6.07) is 0. The second-order valence-corrected chi connectivity index (χ2v) is 4.06. The molecule has 16 heavy (non-hydrogen) atoms. The van der Waals surface area contributed by atoms with Crippen LogP contribution in [0, 0.1) is 5.92 Å². The van der Waals surface area contributed by atoms with Crippen LogP contribution in [0.15, 0.2) is 12.2 Å². The fraction of sp³-hybridized carbons (Fsp3) is 0.667. The largest absolute Gasteiger partial charge is 0.462 e. The van der Waals surface area contributed by atoms with Gasteiger partial charge in [-0.1, -0.05) is 33.1 Å². The number of hydrogen-bond donors (Lipinski definition) is 0. The number of ether oxygens (including phenoxy) is 1. The molecule has 0 aromatic heterocycles. The molecular formula is C12H19ClO3. The molecule has 0 heterocycles. The van der Waals surface area contributed by atoms with Crippen molar-refractivity contribution in [3.8, 4) is 0 Å². The van der Waals surface area contributed by atoms with Crippen LogP contribution in [0.5, 0.6) is 0 Å². The highest BCUT2D eigenvalue weighted by Crippen LogP contribution is 2.12. The summed E-state index contributed by atoms with van der Waals surface area (Å²) in [6.07, 6.45) is 6.40. The smallest absolute Gasteiger partial charge is 0.330 e. The molecule has 1 unspecified atom stereocenters. The van der Waals surface area contributed by atoms with E-state index in [1.807, 2.05) is 0 Å². The summed E-state index contributed by atoms with van der Waals surface area (Å²) in [5.74, 6) is -0.104. The topological polar surface area (TPSA) is 43.4 Å². The van der Waals surface area contributed by atoms with Crippen molar-refractivity contribution in [3.05, 3.63) is 12.2 Å². The zero-order valence-electron chi connectivity index (χ0n) is 9.87. The van der Waals surface area contributed by atoms with Gasteiger partial charge in [-0.3, -0.25) is 4.79 Å². The summed E-state index contributed by atoms with van der Waals surface area (Å²) in [6.45, 7) is 4.62. The Balaban J connectivity index is 3.83. The molecule has 0 amide bonds. The van der Waals surface area contributed by atoms with Crippen LogP contribution < -0.4 is 0 Å². The number of halogens is 1. The molecule has 0 N–H and O–H groups in total. The van der Waals surface area contributed by atoms with E-state index in [1.165, 1.54) is 0 Å². The quantitative estimate of drug-likeness (QED) is 0.376. The molecule has 3 nitrogen and oxygen atoms in total. The van der Waals surface area contributed by atoms with E-state index >= 15 is 0 Å². The lowest BCUT2D eigenvalue weighted by Gasteiger charge is -2.13. The minimum atomic E-state index is -0.671. The predicted molar refractivity (Wildman–Crippen MR) is 64.3 cm³/mol. The Morgan fingerprint density at radius 1 is 1.31 bits per heavy atom. The van der Waals surface area contributed by atoms with Crippen molar-refractivity contribution in [1.82, 2.24) is 0 Å². The van der Waals surface area contributed by atoms with Crippen molar-refractivity contribution >= 4 is 22.8 Å². The SMILES string of the molecule is CCCCC(CC)COC(=O)C=CC(=O)Cl. The van der Waals surface area contributed by atoms with Crippen molar-refractivity contribution in [1.29, 1.82) is 0 Å². The molecular weight excluding hydrogens is 228 g/mol. The molecule has 0 aliphatic rings. The van der Waals surface area contributed by atoms with Crippen LogP contribution in [0.4, 0.5) is 0 Å². The molecule has 0 bridgehead atoms. The van der Waals surface area contributed by atoms with Gasteiger partial charge in [0.2, 0.25) is 5.24 Å². The van der Waals surface area contributed by atoms with E-state index in [0.29, 0.717) is 12.5 Å². The molecule has 0 saturated heterocycles. The highest BCUT2D eigenvalue weighted by Gasteiger charge is 2.08. The van der Waals surface area contributed by atoms with Crippen LogP contribution in [0.2, 0.25) is 0 Å². The lowest BCUT2D eigenvalue weighted by Crippen LogP contribution is -2.12. The number of carbonyl (C=O) groups is 2. The lowest BCUT2D eigenvalue weighted by atomic mass is 10.0. The Morgan fingerprint density at radius 3 is 2.50 bits per heavy atom. The standard InChI is InChI=1S/C12H19ClO3/c1-3-5-6-10(4-2)9-16-12(15)8-7-11(13)14/h7-8,10H,3-6,9H2,1-2H3. The van der Waals surface area contributed by atoms with Crippen molar-refractivity contribution in [3.63, 3.8) is 0 Å². The van der Waals surface area contributed by atoms with E-state index in [2.05, 4.69) is 13.8 Å². The molecule has 0 aliphatic heterocycles. The number of esters is 1. The average Bonchev–Trinajstić information content (AvgIpc) is 2.26. The summed E-state index contributed by atoms with van der Waals surface area (Å²) >= 11 is 5.05. The van der Waals surface area contributed by atoms with Crippen molar-refractivity contribution < 1.29 is 14.3 Å². The second kappa shape index (κ2) is 9.40. The van der Waals surface area contributed by atoms with Gasteiger partial charge in [-0.15, -0.1) is 0 Å². The number of carbonyl (C=O) groups excluding carboxylic acids is 2. The van der Waals surface area contributed by atoms with Crippen molar-refractivity contribution in [2.75, 3.05) is 6.61 Å². The van der Waals surface area contributed by atoms with E-state index < -0.39 is 11.2 Å². The Hall–Kier alpha value is -0.830.